The smallest absolute Gasteiger partial charge is 0.261 e. The van der Waals surface area contributed by atoms with Crippen molar-refractivity contribution in [1.29, 1.82) is 0 Å². The summed E-state index contributed by atoms with van der Waals surface area (Å²) in [5, 5.41) is 2.83. The van der Waals surface area contributed by atoms with Gasteiger partial charge in [-0.2, -0.15) is 0 Å². The van der Waals surface area contributed by atoms with Gasteiger partial charge in [-0.1, -0.05) is 24.3 Å². The second-order valence-electron chi connectivity index (χ2n) is 5.91. The molecule has 1 aromatic carbocycles. The first-order valence-electron chi connectivity index (χ1n) is 8.13. The minimum atomic E-state index is -0.329. The fourth-order valence-electron chi connectivity index (χ4n) is 2.93. The summed E-state index contributed by atoms with van der Waals surface area (Å²) in [7, 11) is 0. The van der Waals surface area contributed by atoms with Gasteiger partial charge in [-0.15, -0.1) is 11.3 Å². The fraction of sp³-hybridized carbons (Fsp3) is 0.100. The van der Waals surface area contributed by atoms with E-state index in [1.807, 2.05) is 24.4 Å². The van der Waals surface area contributed by atoms with E-state index in [0.29, 0.717) is 22.4 Å². The number of aryl methyl sites for hydroxylation is 1. The molecule has 26 heavy (non-hydrogen) atoms. The van der Waals surface area contributed by atoms with Gasteiger partial charge in [-0.3, -0.25) is 19.5 Å². The van der Waals surface area contributed by atoms with Gasteiger partial charge in [-0.05, 0) is 31.2 Å². The number of imide groups is 1. The largest absolute Gasteiger partial charge is 0.269 e. The second kappa shape index (κ2) is 6.65. The van der Waals surface area contributed by atoms with Crippen LogP contribution in [0.15, 0.2) is 54.0 Å². The Bertz CT molecular complexity index is 1020. The van der Waals surface area contributed by atoms with Crippen molar-refractivity contribution in [2.24, 2.45) is 0 Å². The summed E-state index contributed by atoms with van der Waals surface area (Å²) < 4.78 is 0. The zero-order valence-corrected chi connectivity index (χ0v) is 14.9. The quantitative estimate of drug-likeness (QED) is 0.528. The van der Waals surface area contributed by atoms with E-state index in [0.717, 1.165) is 10.7 Å². The molecule has 2 aromatic heterocycles. The molecule has 4 rings (SSSR count). The Morgan fingerprint density at radius 1 is 1.04 bits per heavy atom. The van der Waals surface area contributed by atoms with Crippen LogP contribution in [0.4, 0.5) is 0 Å². The third-order valence-electron chi connectivity index (χ3n) is 4.14. The minimum absolute atomic E-state index is 0.139. The first kappa shape index (κ1) is 16.4. The average molecular weight is 361 g/mol. The van der Waals surface area contributed by atoms with Crippen molar-refractivity contribution in [3.8, 4) is 0 Å². The summed E-state index contributed by atoms with van der Waals surface area (Å²) >= 11 is 1.52. The van der Waals surface area contributed by atoms with Crippen LogP contribution in [-0.4, -0.2) is 26.7 Å². The predicted molar refractivity (Wildman–Crippen MR) is 100 cm³/mol. The molecule has 5 nitrogen and oxygen atoms in total. The zero-order valence-electron chi connectivity index (χ0n) is 14.0. The van der Waals surface area contributed by atoms with Gasteiger partial charge in [0, 0.05) is 22.7 Å². The van der Waals surface area contributed by atoms with Crippen molar-refractivity contribution in [1.82, 2.24) is 14.9 Å². The maximum absolute atomic E-state index is 13.1. The number of carbonyl (C=O) groups excluding carboxylic acids is 2. The molecule has 128 valence electrons. The van der Waals surface area contributed by atoms with Gasteiger partial charge >= 0.3 is 0 Å². The standard InChI is InChI=1S/C20H15N3O2S/c1-13-22-15(12-26-13)10-18-16-7-2-3-8-17(16)19(24)23(20(18)25)11-14-6-4-5-9-21-14/h2-10,12H,11H2,1H3/b18-10-. The summed E-state index contributed by atoms with van der Waals surface area (Å²) in [4.78, 5) is 35.9. The van der Waals surface area contributed by atoms with Crippen molar-refractivity contribution in [2.75, 3.05) is 0 Å². The van der Waals surface area contributed by atoms with E-state index in [2.05, 4.69) is 9.97 Å². The van der Waals surface area contributed by atoms with Crippen molar-refractivity contribution < 1.29 is 9.59 Å². The van der Waals surface area contributed by atoms with Gasteiger partial charge < -0.3 is 0 Å². The molecule has 0 radical (unpaired) electrons. The van der Waals surface area contributed by atoms with Gasteiger partial charge in [0.05, 0.1) is 28.5 Å². The lowest BCUT2D eigenvalue weighted by atomic mass is 9.92. The van der Waals surface area contributed by atoms with Gasteiger partial charge in [0.1, 0.15) is 0 Å². The van der Waals surface area contributed by atoms with Crippen LogP contribution in [-0.2, 0) is 11.3 Å². The maximum atomic E-state index is 13.1. The third kappa shape index (κ3) is 2.95. The van der Waals surface area contributed by atoms with E-state index < -0.39 is 0 Å². The molecule has 0 spiro atoms. The summed E-state index contributed by atoms with van der Waals surface area (Å²) in [6, 6.07) is 12.6. The number of benzene rings is 1. The van der Waals surface area contributed by atoms with Crippen LogP contribution in [0.1, 0.15) is 32.3 Å². The molecule has 6 heteroatoms. The molecular weight excluding hydrogens is 346 g/mol. The molecule has 0 N–H and O–H groups in total. The van der Waals surface area contributed by atoms with Crippen LogP contribution in [0.3, 0.4) is 0 Å². The second-order valence-corrected chi connectivity index (χ2v) is 6.97. The van der Waals surface area contributed by atoms with Crippen LogP contribution in [0.5, 0.6) is 0 Å². The number of nitrogens with zero attached hydrogens (tertiary/aromatic N) is 3. The van der Waals surface area contributed by atoms with Gasteiger partial charge in [0.2, 0.25) is 0 Å². The van der Waals surface area contributed by atoms with Crippen molar-refractivity contribution in [3.05, 3.63) is 81.6 Å². The molecule has 0 saturated heterocycles. The van der Waals surface area contributed by atoms with Crippen molar-refractivity contribution in [2.45, 2.75) is 13.5 Å². The highest BCUT2D eigenvalue weighted by Crippen LogP contribution is 2.31. The van der Waals surface area contributed by atoms with E-state index in [-0.39, 0.29) is 18.4 Å². The Morgan fingerprint density at radius 2 is 1.81 bits per heavy atom. The molecular formula is C20H15N3O2S. The number of fused-ring (bicyclic) bond motifs is 1. The van der Waals surface area contributed by atoms with Gasteiger partial charge in [-0.25, -0.2) is 4.98 Å². The normalized spacial score (nSPS) is 15.4. The van der Waals surface area contributed by atoms with Crippen molar-refractivity contribution in [3.63, 3.8) is 0 Å². The Labute approximate surface area is 154 Å². The molecule has 0 atom stereocenters. The summed E-state index contributed by atoms with van der Waals surface area (Å²) in [6.45, 7) is 2.06. The van der Waals surface area contributed by atoms with Gasteiger partial charge in [0.25, 0.3) is 11.8 Å². The highest BCUT2D eigenvalue weighted by Gasteiger charge is 2.34. The van der Waals surface area contributed by atoms with Crippen LogP contribution in [0.2, 0.25) is 0 Å². The Morgan fingerprint density at radius 3 is 2.50 bits per heavy atom. The monoisotopic (exact) mass is 361 g/mol. The van der Waals surface area contributed by atoms with Gasteiger partial charge in [0.15, 0.2) is 0 Å². The molecule has 0 bridgehead atoms. The molecule has 0 fully saturated rings. The van der Waals surface area contributed by atoms with Crippen LogP contribution < -0.4 is 0 Å². The molecule has 1 aliphatic rings. The molecule has 0 unspecified atom stereocenters. The predicted octanol–water partition coefficient (Wildman–Crippen LogP) is 3.57. The first-order valence-corrected chi connectivity index (χ1v) is 9.01. The lowest BCUT2D eigenvalue weighted by molar-refractivity contribution is -0.123. The van der Waals surface area contributed by atoms with Crippen LogP contribution in [0, 0.1) is 6.92 Å². The Balaban J connectivity index is 1.80. The molecule has 2 amide bonds. The zero-order chi connectivity index (χ0) is 18.1. The topological polar surface area (TPSA) is 63.2 Å². The number of rotatable bonds is 3. The molecule has 1 aliphatic heterocycles. The summed E-state index contributed by atoms with van der Waals surface area (Å²) in [5.74, 6) is -0.632. The van der Waals surface area contributed by atoms with E-state index in [9.17, 15) is 9.59 Å². The molecule has 0 saturated carbocycles. The SMILES string of the molecule is Cc1nc(/C=C2\C(=O)N(Cc3ccccn3)C(=O)c3ccccc32)cs1. The number of aromatic nitrogens is 2. The van der Waals surface area contributed by atoms with Crippen LogP contribution >= 0.6 is 11.3 Å². The van der Waals surface area contributed by atoms with Crippen LogP contribution in [0.25, 0.3) is 11.6 Å². The highest BCUT2D eigenvalue weighted by molar-refractivity contribution is 7.09. The van der Waals surface area contributed by atoms with E-state index in [1.165, 1.54) is 16.2 Å². The lowest BCUT2D eigenvalue weighted by Crippen LogP contribution is -2.41. The lowest BCUT2D eigenvalue weighted by Gasteiger charge is -2.28. The number of carbonyl (C=O) groups is 2. The van der Waals surface area contributed by atoms with E-state index in [1.54, 1.807) is 42.6 Å². The number of amides is 2. The average Bonchev–Trinajstić information content (AvgIpc) is 3.08. The molecule has 0 aliphatic carbocycles. The van der Waals surface area contributed by atoms with E-state index >= 15 is 0 Å². The van der Waals surface area contributed by atoms with Crippen molar-refractivity contribution >= 4 is 34.8 Å². The molecule has 3 heterocycles. The number of hydrogen-bond acceptors (Lipinski definition) is 5. The number of pyridine rings is 1. The number of thiazole rings is 1. The highest BCUT2D eigenvalue weighted by atomic mass is 32.1. The third-order valence-corrected chi connectivity index (χ3v) is 4.94. The molecule has 3 aromatic rings. The Kier molecular flexibility index (Phi) is 4.18. The summed E-state index contributed by atoms with van der Waals surface area (Å²) in [6.07, 6.45) is 3.40. The minimum Gasteiger partial charge on any atom is -0.269 e. The Hall–Kier alpha value is -3.12. The summed E-state index contributed by atoms with van der Waals surface area (Å²) in [5.41, 5.74) is 3.02. The maximum Gasteiger partial charge on any atom is 0.261 e. The number of hydrogen-bond donors (Lipinski definition) is 0. The first-order chi connectivity index (χ1) is 12.6. The van der Waals surface area contributed by atoms with E-state index in [4.69, 9.17) is 0 Å². The fourth-order valence-corrected chi connectivity index (χ4v) is 3.50.